The SMILES string of the molecule is OC[C@H]1O[C@@H](Oc2c[nH]c3ccc(I)cc23)C[C@@H](O)[C@H]1O. The van der Waals surface area contributed by atoms with Gasteiger partial charge in [-0.15, -0.1) is 0 Å². The Morgan fingerprint density at radius 3 is 2.95 bits per heavy atom. The van der Waals surface area contributed by atoms with Gasteiger partial charge in [0.15, 0.2) is 0 Å². The Kier molecular flexibility index (Phi) is 4.36. The summed E-state index contributed by atoms with van der Waals surface area (Å²) in [4.78, 5) is 3.10. The van der Waals surface area contributed by atoms with Crippen molar-refractivity contribution < 1.29 is 24.8 Å². The van der Waals surface area contributed by atoms with Gasteiger partial charge in [0, 0.05) is 27.1 Å². The van der Waals surface area contributed by atoms with Crippen molar-refractivity contribution in [1.29, 1.82) is 0 Å². The van der Waals surface area contributed by atoms with Crippen molar-refractivity contribution in [3.8, 4) is 5.75 Å². The van der Waals surface area contributed by atoms with Gasteiger partial charge in [-0.25, -0.2) is 0 Å². The van der Waals surface area contributed by atoms with Crippen molar-refractivity contribution in [2.24, 2.45) is 0 Å². The summed E-state index contributed by atoms with van der Waals surface area (Å²) in [5.41, 5.74) is 0.945. The number of fused-ring (bicyclic) bond motifs is 1. The van der Waals surface area contributed by atoms with Crippen molar-refractivity contribution in [3.63, 3.8) is 0 Å². The minimum absolute atomic E-state index is 0.147. The number of nitrogens with one attached hydrogen (secondary N) is 1. The third kappa shape index (κ3) is 3.02. The molecule has 114 valence electrons. The van der Waals surface area contributed by atoms with Gasteiger partial charge in [-0.1, -0.05) is 0 Å². The van der Waals surface area contributed by atoms with Crippen LogP contribution in [0.3, 0.4) is 0 Å². The highest BCUT2D eigenvalue weighted by atomic mass is 127. The number of rotatable bonds is 3. The van der Waals surface area contributed by atoms with E-state index in [9.17, 15) is 15.3 Å². The zero-order chi connectivity index (χ0) is 15.0. The highest BCUT2D eigenvalue weighted by Crippen LogP contribution is 2.30. The van der Waals surface area contributed by atoms with Crippen molar-refractivity contribution in [2.75, 3.05) is 6.61 Å². The number of H-pyrrole nitrogens is 1. The average molecular weight is 405 g/mol. The van der Waals surface area contributed by atoms with E-state index in [2.05, 4.69) is 27.6 Å². The van der Waals surface area contributed by atoms with Crippen LogP contribution in [0.15, 0.2) is 24.4 Å². The molecule has 3 rings (SSSR count). The van der Waals surface area contributed by atoms with Gasteiger partial charge in [0.2, 0.25) is 6.29 Å². The zero-order valence-electron chi connectivity index (χ0n) is 11.1. The van der Waals surface area contributed by atoms with Gasteiger partial charge >= 0.3 is 0 Å². The van der Waals surface area contributed by atoms with Crippen LogP contribution in [-0.4, -0.2) is 51.5 Å². The molecule has 1 aromatic heterocycles. The average Bonchev–Trinajstić information content (AvgIpc) is 2.85. The van der Waals surface area contributed by atoms with Crippen LogP contribution in [0.25, 0.3) is 10.9 Å². The largest absolute Gasteiger partial charge is 0.463 e. The number of ether oxygens (including phenoxy) is 2. The van der Waals surface area contributed by atoms with Crippen LogP contribution in [-0.2, 0) is 4.74 Å². The quantitative estimate of drug-likeness (QED) is 0.572. The number of aliphatic hydroxyl groups is 3. The molecule has 1 fully saturated rings. The van der Waals surface area contributed by atoms with Gasteiger partial charge < -0.3 is 29.8 Å². The van der Waals surface area contributed by atoms with Crippen molar-refractivity contribution >= 4 is 33.5 Å². The van der Waals surface area contributed by atoms with Crippen LogP contribution in [0.2, 0.25) is 0 Å². The molecule has 0 amide bonds. The third-order valence-corrected chi connectivity index (χ3v) is 4.25. The maximum absolute atomic E-state index is 9.81. The number of halogens is 1. The summed E-state index contributed by atoms with van der Waals surface area (Å²) < 4.78 is 12.3. The van der Waals surface area contributed by atoms with E-state index in [0.717, 1.165) is 14.5 Å². The number of aromatic nitrogens is 1. The third-order valence-electron chi connectivity index (χ3n) is 3.58. The minimum Gasteiger partial charge on any atom is -0.463 e. The Bertz CT molecular complexity index is 631. The molecule has 0 aliphatic carbocycles. The second-order valence-corrected chi connectivity index (χ2v) is 6.29. The van der Waals surface area contributed by atoms with E-state index in [0.29, 0.717) is 5.75 Å². The van der Waals surface area contributed by atoms with Gasteiger partial charge in [0.25, 0.3) is 0 Å². The molecule has 0 spiro atoms. The molecule has 0 unspecified atom stereocenters. The number of hydrogen-bond acceptors (Lipinski definition) is 5. The summed E-state index contributed by atoms with van der Waals surface area (Å²) in [7, 11) is 0. The fraction of sp³-hybridized carbons (Fsp3) is 0.429. The van der Waals surface area contributed by atoms with Gasteiger partial charge in [-0.2, -0.15) is 0 Å². The fourth-order valence-electron chi connectivity index (χ4n) is 2.45. The van der Waals surface area contributed by atoms with E-state index in [1.807, 2.05) is 18.2 Å². The summed E-state index contributed by atoms with van der Waals surface area (Å²) >= 11 is 2.22. The van der Waals surface area contributed by atoms with E-state index in [1.54, 1.807) is 6.20 Å². The Hall–Kier alpha value is -0.870. The monoisotopic (exact) mass is 405 g/mol. The molecule has 1 saturated heterocycles. The van der Waals surface area contributed by atoms with E-state index in [1.165, 1.54) is 0 Å². The summed E-state index contributed by atoms with van der Waals surface area (Å²) in [6.45, 7) is -0.371. The van der Waals surface area contributed by atoms with Gasteiger partial charge in [-0.05, 0) is 40.8 Å². The molecule has 6 nitrogen and oxygen atoms in total. The number of aromatic amines is 1. The van der Waals surface area contributed by atoms with E-state index < -0.39 is 24.6 Å². The molecule has 21 heavy (non-hydrogen) atoms. The lowest BCUT2D eigenvalue weighted by molar-refractivity contribution is -0.229. The van der Waals surface area contributed by atoms with Crippen LogP contribution in [0, 0.1) is 3.57 Å². The smallest absolute Gasteiger partial charge is 0.203 e. The predicted molar refractivity (Wildman–Crippen MR) is 84.0 cm³/mol. The second kappa shape index (κ2) is 6.09. The maximum atomic E-state index is 9.81. The van der Waals surface area contributed by atoms with Crippen LogP contribution >= 0.6 is 22.6 Å². The lowest BCUT2D eigenvalue weighted by Crippen LogP contribution is -2.51. The standard InChI is InChI=1S/C14H16INO5/c15-7-1-2-9-8(3-7)11(5-16-9)20-13-4-10(18)14(19)12(6-17)21-13/h1-3,5,10,12-14,16-19H,4,6H2/t10-,12-,13-,14-/m1/s1. The Balaban J connectivity index is 1.80. The summed E-state index contributed by atoms with van der Waals surface area (Å²) in [6, 6.07) is 5.93. The first-order chi connectivity index (χ1) is 10.1. The normalized spacial score (nSPS) is 29.7. The van der Waals surface area contributed by atoms with Crippen molar-refractivity contribution in [1.82, 2.24) is 4.98 Å². The Morgan fingerprint density at radius 2 is 2.19 bits per heavy atom. The highest BCUT2D eigenvalue weighted by Gasteiger charge is 2.37. The molecule has 1 aromatic carbocycles. The van der Waals surface area contributed by atoms with E-state index in [4.69, 9.17) is 9.47 Å². The second-order valence-electron chi connectivity index (χ2n) is 5.04. The molecule has 4 N–H and O–H groups in total. The maximum Gasteiger partial charge on any atom is 0.203 e. The molecule has 2 aromatic rings. The molecule has 2 heterocycles. The molecule has 0 saturated carbocycles. The summed E-state index contributed by atoms with van der Waals surface area (Å²) in [6.07, 6.45) is -1.75. The first kappa shape index (κ1) is 15.0. The predicted octanol–water partition coefficient (Wildman–Crippen LogP) is 0.980. The molecule has 0 radical (unpaired) electrons. The van der Waals surface area contributed by atoms with Crippen LogP contribution < -0.4 is 4.74 Å². The lowest BCUT2D eigenvalue weighted by Gasteiger charge is -2.35. The number of hydrogen-bond donors (Lipinski definition) is 4. The molecule has 4 atom stereocenters. The molecular formula is C14H16INO5. The van der Waals surface area contributed by atoms with E-state index >= 15 is 0 Å². The van der Waals surface area contributed by atoms with Crippen LogP contribution in [0.1, 0.15) is 6.42 Å². The Labute approximate surface area is 134 Å². The van der Waals surface area contributed by atoms with Crippen molar-refractivity contribution in [2.45, 2.75) is 31.0 Å². The van der Waals surface area contributed by atoms with Gasteiger partial charge in [-0.3, -0.25) is 0 Å². The lowest BCUT2D eigenvalue weighted by atomic mass is 10.0. The minimum atomic E-state index is -1.10. The first-order valence-corrected chi connectivity index (χ1v) is 7.72. The van der Waals surface area contributed by atoms with Crippen LogP contribution in [0.5, 0.6) is 5.75 Å². The first-order valence-electron chi connectivity index (χ1n) is 6.64. The van der Waals surface area contributed by atoms with Gasteiger partial charge in [0.1, 0.15) is 18.0 Å². The Morgan fingerprint density at radius 1 is 1.38 bits per heavy atom. The summed E-state index contributed by atoms with van der Waals surface area (Å²) in [5.74, 6) is 0.619. The molecule has 0 bridgehead atoms. The molecule has 1 aliphatic rings. The molecule has 7 heteroatoms. The fourth-order valence-corrected chi connectivity index (χ4v) is 2.94. The summed E-state index contributed by atoms with van der Waals surface area (Å²) in [5, 5.41) is 29.6. The number of aliphatic hydroxyl groups excluding tert-OH is 3. The zero-order valence-corrected chi connectivity index (χ0v) is 13.2. The topological polar surface area (TPSA) is 94.9 Å². The molecular weight excluding hydrogens is 389 g/mol. The van der Waals surface area contributed by atoms with Gasteiger partial charge in [0.05, 0.1) is 12.7 Å². The van der Waals surface area contributed by atoms with Crippen molar-refractivity contribution in [3.05, 3.63) is 28.0 Å². The highest BCUT2D eigenvalue weighted by molar-refractivity contribution is 14.1. The van der Waals surface area contributed by atoms with E-state index in [-0.39, 0.29) is 13.0 Å². The van der Waals surface area contributed by atoms with Crippen LogP contribution in [0.4, 0.5) is 0 Å². The molecule has 1 aliphatic heterocycles. The number of benzene rings is 1.